The Labute approximate surface area is 70.0 Å². The third kappa shape index (κ3) is 0.993. The minimum Gasteiger partial charge on any atom is -0.479 e. The van der Waals surface area contributed by atoms with Gasteiger partial charge in [-0.25, -0.2) is 4.98 Å². The molecule has 0 fully saturated rings. The van der Waals surface area contributed by atoms with Gasteiger partial charge in [0.1, 0.15) is 5.52 Å². The maximum atomic E-state index is 5.02. The molecule has 0 spiro atoms. The van der Waals surface area contributed by atoms with Crippen LogP contribution in [0.3, 0.4) is 0 Å². The minimum atomic E-state index is 0.521. The molecule has 0 unspecified atom stereocenters. The van der Waals surface area contributed by atoms with Crippen LogP contribution in [-0.4, -0.2) is 17.1 Å². The number of hydrogen-bond donors (Lipinski definition) is 0. The molecule has 0 saturated heterocycles. The summed E-state index contributed by atoms with van der Waals surface area (Å²) in [6.45, 7) is 0. The molecule has 1 radical (unpaired) electrons. The van der Waals surface area contributed by atoms with Crippen LogP contribution in [0.4, 0.5) is 0 Å². The summed E-state index contributed by atoms with van der Waals surface area (Å²) < 4.78 is 5.02. The Balaban J connectivity index is 2.79. The highest BCUT2D eigenvalue weighted by atomic mass is 16.5. The van der Waals surface area contributed by atoms with Gasteiger partial charge in [0.05, 0.1) is 13.3 Å². The van der Waals surface area contributed by atoms with Crippen molar-refractivity contribution >= 4 is 10.9 Å². The van der Waals surface area contributed by atoms with Gasteiger partial charge in [-0.3, -0.25) is 4.98 Å². The van der Waals surface area contributed by atoms with Gasteiger partial charge in [-0.1, -0.05) is 6.07 Å². The van der Waals surface area contributed by atoms with E-state index < -0.39 is 0 Å². The fourth-order valence-electron chi connectivity index (χ4n) is 1.07. The van der Waals surface area contributed by atoms with Crippen LogP contribution in [0.25, 0.3) is 10.9 Å². The number of pyridine rings is 2. The van der Waals surface area contributed by atoms with E-state index in [0.29, 0.717) is 5.88 Å². The molecule has 0 bridgehead atoms. The number of nitrogens with zero attached hydrogens (tertiary/aromatic N) is 2. The van der Waals surface area contributed by atoms with E-state index in [1.165, 1.54) is 0 Å². The van der Waals surface area contributed by atoms with E-state index in [1.54, 1.807) is 19.4 Å². The highest BCUT2D eigenvalue weighted by Crippen LogP contribution is 2.18. The molecular formula is C9H7N2O. The van der Waals surface area contributed by atoms with Crippen LogP contribution < -0.4 is 4.74 Å². The first-order chi connectivity index (χ1) is 5.92. The Morgan fingerprint density at radius 2 is 2.42 bits per heavy atom. The van der Waals surface area contributed by atoms with Crippen molar-refractivity contribution in [2.24, 2.45) is 0 Å². The molecule has 2 rings (SSSR count). The first-order valence-electron chi connectivity index (χ1n) is 3.57. The number of ether oxygens (including phenoxy) is 1. The highest BCUT2D eigenvalue weighted by molar-refractivity contribution is 5.82. The summed E-state index contributed by atoms with van der Waals surface area (Å²) >= 11 is 0. The first-order valence-corrected chi connectivity index (χ1v) is 3.57. The van der Waals surface area contributed by atoms with E-state index in [-0.39, 0.29) is 0 Å². The molecule has 0 aromatic carbocycles. The van der Waals surface area contributed by atoms with Crippen molar-refractivity contribution in [3.8, 4) is 5.88 Å². The van der Waals surface area contributed by atoms with Crippen LogP contribution in [-0.2, 0) is 0 Å². The summed E-state index contributed by atoms with van der Waals surface area (Å²) in [5.74, 6) is 0.521. The van der Waals surface area contributed by atoms with E-state index in [9.17, 15) is 0 Å². The molecule has 0 aliphatic rings. The summed E-state index contributed by atoms with van der Waals surface area (Å²) in [6, 6.07) is 5.60. The number of aromatic nitrogens is 2. The van der Waals surface area contributed by atoms with Gasteiger partial charge in [-0.05, 0) is 12.1 Å². The minimum absolute atomic E-state index is 0.521. The van der Waals surface area contributed by atoms with E-state index in [4.69, 9.17) is 4.74 Å². The summed E-state index contributed by atoms with van der Waals surface area (Å²) in [5, 5.41) is 0.990. The molecule has 0 saturated carbocycles. The zero-order valence-electron chi connectivity index (χ0n) is 6.61. The van der Waals surface area contributed by atoms with Crippen LogP contribution in [0.2, 0.25) is 0 Å². The maximum absolute atomic E-state index is 5.02. The van der Waals surface area contributed by atoms with Crippen LogP contribution in [0.1, 0.15) is 0 Å². The molecule has 0 N–H and O–H groups in total. The molecule has 2 aromatic rings. The Kier molecular flexibility index (Phi) is 1.63. The Morgan fingerprint density at radius 3 is 3.25 bits per heavy atom. The third-order valence-electron chi connectivity index (χ3n) is 1.62. The lowest BCUT2D eigenvalue weighted by Crippen LogP contribution is -1.90. The van der Waals surface area contributed by atoms with Gasteiger partial charge in [0.15, 0.2) is 0 Å². The average molecular weight is 159 g/mol. The summed E-state index contributed by atoms with van der Waals surface area (Å²) in [7, 11) is 1.57. The van der Waals surface area contributed by atoms with Gasteiger partial charge in [-0.15, -0.1) is 0 Å². The maximum Gasteiger partial charge on any atom is 0.240 e. The lowest BCUT2D eigenvalue weighted by Gasteiger charge is -2.00. The van der Waals surface area contributed by atoms with Crippen LogP contribution in [0.15, 0.2) is 24.4 Å². The van der Waals surface area contributed by atoms with Crippen molar-refractivity contribution in [3.63, 3.8) is 0 Å². The van der Waals surface area contributed by atoms with Crippen molar-refractivity contribution in [2.75, 3.05) is 7.11 Å². The fourth-order valence-corrected chi connectivity index (χ4v) is 1.07. The second-order valence-corrected chi connectivity index (χ2v) is 2.34. The van der Waals surface area contributed by atoms with Crippen molar-refractivity contribution in [1.82, 2.24) is 9.97 Å². The van der Waals surface area contributed by atoms with Gasteiger partial charge in [0.2, 0.25) is 5.88 Å². The van der Waals surface area contributed by atoms with E-state index >= 15 is 0 Å². The number of fused-ring (bicyclic) bond motifs is 1. The van der Waals surface area contributed by atoms with Crippen LogP contribution >= 0.6 is 0 Å². The third-order valence-corrected chi connectivity index (χ3v) is 1.62. The van der Waals surface area contributed by atoms with Gasteiger partial charge in [0, 0.05) is 11.6 Å². The predicted molar refractivity (Wildman–Crippen MR) is 44.9 cm³/mol. The summed E-state index contributed by atoms with van der Waals surface area (Å²) in [5.41, 5.74) is 0.777. The first kappa shape index (κ1) is 7.03. The van der Waals surface area contributed by atoms with Crippen molar-refractivity contribution in [2.45, 2.75) is 0 Å². The lowest BCUT2D eigenvalue weighted by molar-refractivity contribution is 0.402. The second-order valence-electron chi connectivity index (χ2n) is 2.34. The molecule has 59 valence electrons. The molecule has 12 heavy (non-hydrogen) atoms. The fraction of sp³-hybridized carbons (Fsp3) is 0.111. The van der Waals surface area contributed by atoms with Gasteiger partial charge < -0.3 is 4.74 Å². The van der Waals surface area contributed by atoms with Gasteiger partial charge in [-0.2, -0.15) is 0 Å². The molecular weight excluding hydrogens is 152 g/mol. The molecule has 3 heteroatoms. The topological polar surface area (TPSA) is 35.0 Å². The predicted octanol–water partition coefficient (Wildman–Crippen LogP) is 1.44. The quantitative estimate of drug-likeness (QED) is 0.631. The van der Waals surface area contributed by atoms with E-state index in [2.05, 4.69) is 16.2 Å². The second kappa shape index (κ2) is 2.77. The van der Waals surface area contributed by atoms with E-state index in [1.807, 2.05) is 12.1 Å². The molecule has 0 amide bonds. The van der Waals surface area contributed by atoms with Gasteiger partial charge >= 0.3 is 0 Å². The molecule has 2 aromatic heterocycles. The number of hydrogen-bond acceptors (Lipinski definition) is 3. The summed E-state index contributed by atoms with van der Waals surface area (Å²) in [6.07, 6.45) is 4.45. The molecule has 0 aliphatic heterocycles. The average Bonchev–Trinajstić information content (AvgIpc) is 2.17. The smallest absolute Gasteiger partial charge is 0.240 e. The van der Waals surface area contributed by atoms with Gasteiger partial charge in [0.25, 0.3) is 0 Å². The van der Waals surface area contributed by atoms with Crippen molar-refractivity contribution in [1.29, 1.82) is 0 Å². The zero-order valence-corrected chi connectivity index (χ0v) is 6.61. The normalized spacial score (nSPS) is 10.1. The molecule has 0 aliphatic carbocycles. The Morgan fingerprint density at radius 1 is 1.50 bits per heavy atom. The lowest BCUT2D eigenvalue weighted by atomic mass is 10.3. The molecule has 0 atom stereocenters. The standard InChI is InChI=1S/C9H7N2O/c1-12-9-8-7(4-6-11-9)3-2-5-10-8/h2-5H,1H3. The van der Waals surface area contributed by atoms with Crippen molar-refractivity contribution < 1.29 is 4.74 Å². The highest BCUT2D eigenvalue weighted by Gasteiger charge is 2.00. The Hall–Kier alpha value is -1.64. The van der Waals surface area contributed by atoms with Crippen LogP contribution in [0.5, 0.6) is 5.88 Å². The van der Waals surface area contributed by atoms with Crippen molar-refractivity contribution in [3.05, 3.63) is 30.6 Å². The Bertz CT molecular complexity index is 395. The number of methoxy groups -OCH3 is 1. The molecule has 3 nitrogen and oxygen atoms in total. The SMILES string of the molecule is COc1n[c]cc2cccnc12. The zero-order chi connectivity index (χ0) is 8.39. The monoisotopic (exact) mass is 159 g/mol. The largest absolute Gasteiger partial charge is 0.479 e. The molecule has 2 heterocycles. The number of rotatable bonds is 1. The van der Waals surface area contributed by atoms with Crippen LogP contribution in [0, 0.1) is 6.20 Å². The van der Waals surface area contributed by atoms with E-state index in [0.717, 1.165) is 10.9 Å². The summed E-state index contributed by atoms with van der Waals surface area (Å²) in [4.78, 5) is 8.06.